The topological polar surface area (TPSA) is 45.0 Å². The second kappa shape index (κ2) is 4.72. The van der Waals surface area contributed by atoms with E-state index in [0.29, 0.717) is 12.0 Å². The van der Waals surface area contributed by atoms with Gasteiger partial charge in [0.05, 0.1) is 0 Å². The van der Waals surface area contributed by atoms with E-state index in [1.165, 1.54) is 27.7 Å². The Bertz CT molecular complexity index is 700. The zero-order valence-electron chi connectivity index (χ0n) is 12.6. The molecule has 1 fully saturated rings. The number of nitrogens with zero attached hydrogens (tertiary/aromatic N) is 1. The molecule has 3 atom stereocenters. The summed E-state index contributed by atoms with van der Waals surface area (Å²) in [5, 5.41) is 1.46. The summed E-state index contributed by atoms with van der Waals surface area (Å²) < 4.78 is 0. The van der Waals surface area contributed by atoms with Crippen LogP contribution >= 0.6 is 0 Å². The molecule has 21 heavy (non-hydrogen) atoms. The van der Waals surface area contributed by atoms with Gasteiger partial charge in [-0.05, 0) is 37.0 Å². The first-order valence-corrected chi connectivity index (χ1v) is 7.89. The number of rotatable bonds is 2. The summed E-state index contributed by atoms with van der Waals surface area (Å²) in [4.78, 5) is 6.08. The van der Waals surface area contributed by atoms with Crippen molar-refractivity contribution in [2.24, 2.45) is 5.73 Å². The molecule has 110 valence electrons. The van der Waals surface area contributed by atoms with Gasteiger partial charge in [-0.25, -0.2) is 0 Å². The molecule has 2 aromatic rings. The fourth-order valence-electron chi connectivity index (χ4n) is 4.48. The van der Waals surface area contributed by atoms with Crippen molar-refractivity contribution in [3.8, 4) is 0 Å². The Kier molecular flexibility index (Phi) is 2.95. The van der Waals surface area contributed by atoms with Crippen LogP contribution in [0.1, 0.15) is 29.2 Å². The fraction of sp³-hybridized carbons (Fsp3) is 0.444. The van der Waals surface area contributed by atoms with Gasteiger partial charge in [0, 0.05) is 47.7 Å². The predicted molar refractivity (Wildman–Crippen MR) is 87.6 cm³/mol. The highest BCUT2D eigenvalue weighted by atomic mass is 15.2. The Hall–Kier alpha value is -1.58. The third-order valence-corrected chi connectivity index (χ3v) is 5.31. The van der Waals surface area contributed by atoms with Crippen LogP contribution in [0.15, 0.2) is 30.9 Å². The summed E-state index contributed by atoms with van der Waals surface area (Å²) in [7, 11) is 0. The summed E-state index contributed by atoms with van der Waals surface area (Å²) in [6.45, 7) is 8.04. The molecule has 1 aromatic carbocycles. The molecule has 2 aliphatic rings. The molecule has 1 aromatic heterocycles. The number of hydrogen-bond donors (Lipinski definition) is 2. The molecule has 0 unspecified atom stereocenters. The van der Waals surface area contributed by atoms with E-state index in [9.17, 15) is 0 Å². The average molecular weight is 281 g/mol. The second-order valence-corrected chi connectivity index (χ2v) is 6.61. The number of likely N-dealkylation sites (tertiary alicyclic amines) is 1. The van der Waals surface area contributed by atoms with E-state index in [1.54, 1.807) is 0 Å². The molecular weight excluding hydrogens is 258 g/mol. The molecule has 1 aliphatic carbocycles. The van der Waals surface area contributed by atoms with Gasteiger partial charge in [-0.1, -0.05) is 18.2 Å². The summed E-state index contributed by atoms with van der Waals surface area (Å²) in [6, 6.07) is 7.51. The van der Waals surface area contributed by atoms with Gasteiger partial charge in [0.15, 0.2) is 0 Å². The molecule has 3 N–H and O–H groups in total. The molecule has 1 aliphatic heterocycles. The third-order valence-electron chi connectivity index (χ3n) is 5.31. The molecule has 3 heteroatoms. The summed E-state index contributed by atoms with van der Waals surface area (Å²) in [5.74, 6) is 0.556. The average Bonchev–Trinajstić information content (AvgIpc) is 2.78. The molecule has 1 saturated heterocycles. The summed E-state index contributed by atoms with van der Waals surface area (Å²) >= 11 is 0. The van der Waals surface area contributed by atoms with Crippen LogP contribution in [0.3, 0.4) is 0 Å². The van der Waals surface area contributed by atoms with Crippen molar-refractivity contribution in [2.45, 2.75) is 37.8 Å². The van der Waals surface area contributed by atoms with Gasteiger partial charge in [0.25, 0.3) is 0 Å². The summed E-state index contributed by atoms with van der Waals surface area (Å²) in [5.41, 5.74) is 11.9. The maximum atomic E-state index is 6.33. The monoisotopic (exact) mass is 281 g/mol. The molecule has 4 rings (SSSR count). The third kappa shape index (κ3) is 1.88. The van der Waals surface area contributed by atoms with Crippen LogP contribution in [-0.4, -0.2) is 35.1 Å². The van der Waals surface area contributed by atoms with Gasteiger partial charge in [-0.15, -0.1) is 6.58 Å². The first-order chi connectivity index (χ1) is 10.2. The van der Waals surface area contributed by atoms with Crippen LogP contribution in [0.4, 0.5) is 0 Å². The highest BCUT2D eigenvalue weighted by Gasteiger charge is 2.39. The van der Waals surface area contributed by atoms with Gasteiger partial charge in [-0.3, -0.25) is 4.90 Å². The van der Waals surface area contributed by atoms with E-state index in [-0.39, 0.29) is 6.04 Å². The zero-order chi connectivity index (χ0) is 14.6. The summed E-state index contributed by atoms with van der Waals surface area (Å²) in [6.07, 6.45) is 4.24. The minimum absolute atomic E-state index is 0.267. The smallest absolute Gasteiger partial charge is 0.0461 e. The van der Waals surface area contributed by atoms with Gasteiger partial charge < -0.3 is 10.7 Å². The molecule has 0 radical (unpaired) electrons. The number of aromatic nitrogens is 1. The van der Waals surface area contributed by atoms with Crippen LogP contribution in [-0.2, 0) is 6.42 Å². The highest BCUT2D eigenvalue weighted by molar-refractivity contribution is 5.89. The van der Waals surface area contributed by atoms with Gasteiger partial charge in [0.1, 0.15) is 0 Å². The fourth-order valence-corrected chi connectivity index (χ4v) is 4.48. The SMILES string of the molecule is C=CCN1C[C@@H](N)C[C@@H]2c3cccc4[nH]c(C)c(c34)C[C@H]21. The maximum Gasteiger partial charge on any atom is 0.0461 e. The lowest BCUT2D eigenvalue weighted by atomic mass is 9.73. The van der Waals surface area contributed by atoms with E-state index < -0.39 is 0 Å². The van der Waals surface area contributed by atoms with E-state index in [1.807, 2.05) is 6.08 Å². The van der Waals surface area contributed by atoms with Crippen molar-refractivity contribution >= 4 is 10.9 Å². The minimum atomic E-state index is 0.267. The van der Waals surface area contributed by atoms with Crippen molar-refractivity contribution < 1.29 is 0 Å². The second-order valence-electron chi connectivity index (χ2n) is 6.61. The highest BCUT2D eigenvalue weighted by Crippen LogP contribution is 2.44. The number of fused-ring (bicyclic) bond motifs is 2. The molecule has 3 nitrogen and oxygen atoms in total. The number of H-pyrrole nitrogens is 1. The molecule has 0 spiro atoms. The van der Waals surface area contributed by atoms with Gasteiger partial charge in [0.2, 0.25) is 0 Å². The number of nitrogens with two attached hydrogens (primary N) is 1. The van der Waals surface area contributed by atoms with E-state index in [2.05, 4.69) is 41.6 Å². The van der Waals surface area contributed by atoms with Crippen LogP contribution in [0.2, 0.25) is 0 Å². The van der Waals surface area contributed by atoms with Gasteiger partial charge >= 0.3 is 0 Å². The van der Waals surface area contributed by atoms with Crippen LogP contribution in [0, 0.1) is 6.92 Å². The lowest BCUT2D eigenvalue weighted by Crippen LogP contribution is -2.54. The molecule has 0 amide bonds. The number of aromatic amines is 1. The number of hydrogen-bond acceptors (Lipinski definition) is 2. The normalized spacial score (nSPS) is 28.6. The standard InChI is InChI=1S/C18H23N3/c1-3-7-21-10-12(19)8-15-13-5-4-6-16-18(13)14(9-17(15)21)11(2)20-16/h3-6,12,15,17,20H,1,7-10,19H2,2H3/t12-,15+,17+/m0/s1. The quantitative estimate of drug-likeness (QED) is 0.831. The van der Waals surface area contributed by atoms with Crippen molar-refractivity contribution in [2.75, 3.05) is 13.1 Å². The number of aryl methyl sites for hydroxylation is 1. The van der Waals surface area contributed by atoms with Crippen molar-refractivity contribution in [1.29, 1.82) is 0 Å². The largest absolute Gasteiger partial charge is 0.358 e. The van der Waals surface area contributed by atoms with Crippen molar-refractivity contribution in [3.63, 3.8) is 0 Å². The van der Waals surface area contributed by atoms with Crippen LogP contribution < -0.4 is 5.73 Å². The van der Waals surface area contributed by atoms with E-state index in [4.69, 9.17) is 5.73 Å². The van der Waals surface area contributed by atoms with Crippen molar-refractivity contribution in [1.82, 2.24) is 9.88 Å². The predicted octanol–water partition coefficient (Wildman–Crippen LogP) is 2.70. The van der Waals surface area contributed by atoms with E-state index >= 15 is 0 Å². The van der Waals surface area contributed by atoms with E-state index in [0.717, 1.165) is 25.9 Å². The Morgan fingerprint density at radius 3 is 3.14 bits per heavy atom. The Labute approximate surface area is 125 Å². The lowest BCUT2D eigenvalue weighted by molar-refractivity contribution is 0.124. The first kappa shape index (κ1) is 13.1. The Morgan fingerprint density at radius 2 is 2.33 bits per heavy atom. The molecular formula is C18H23N3. The zero-order valence-corrected chi connectivity index (χ0v) is 12.6. The lowest BCUT2D eigenvalue weighted by Gasteiger charge is -2.46. The van der Waals surface area contributed by atoms with Crippen molar-refractivity contribution in [3.05, 3.63) is 47.7 Å². The molecule has 0 saturated carbocycles. The Morgan fingerprint density at radius 1 is 1.48 bits per heavy atom. The minimum Gasteiger partial charge on any atom is -0.358 e. The maximum absolute atomic E-state index is 6.33. The Balaban J connectivity index is 1.87. The molecule has 2 heterocycles. The number of nitrogens with one attached hydrogen (secondary N) is 1. The first-order valence-electron chi connectivity index (χ1n) is 7.89. The number of piperidine rings is 1. The molecule has 0 bridgehead atoms. The number of benzene rings is 1. The van der Waals surface area contributed by atoms with Crippen LogP contribution in [0.5, 0.6) is 0 Å². The van der Waals surface area contributed by atoms with Gasteiger partial charge in [-0.2, -0.15) is 0 Å². The van der Waals surface area contributed by atoms with Crippen LogP contribution in [0.25, 0.3) is 10.9 Å².